The van der Waals surface area contributed by atoms with E-state index in [1.54, 1.807) is 11.3 Å². The van der Waals surface area contributed by atoms with E-state index in [9.17, 15) is 9.59 Å². The Morgan fingerprint density at radius 3 is 2.70 bits per heavy atom. The number of anilines is 1. The molecule has 0 spiro atoms. The third-order valence-electron chi connectivity index (χ3n) is 6.61. The molecule has 1 aromatic carbocycles. The fraction of sp³-hybridized carbons (Fsp3) is 0.500. The SMILES string of the molecule is O=C(Nc1sc2c(c1C(=O)N1CCOCC1)CCCC2)C1CCCc2ccccc21. The molecule has 1 fully saturated rings. The van der Waals surface area contributed by atoms with E-state index in [0.717, 1.165) is 61.1 Å². The molecule has 1 saturated heterocycles. The molecule has 2 aromatic rings. The van der Waals surface area contributed by atoms with Crippen molar-refractivity contribution in [3.63, 3.8) is 0 Å². The van der Waals surface area contributed by atoms with E-state index in [1.807, 2.05) is 17.0 Å². The second kappa shape index (κ2) is 8.52. The molecule has 3 aliphatic rings. The van der Waals surface area contributed by atoms with E-state index >= 15 is 0 Å². The third-order valence-corrected chi connectivity index (χ3v) is 7.81. The minimum atomic E-state index is -0.139. The Kier molecular flexibility index (Phi) is 5.61. The minimum absolute atomic E-state index is 0.0248. The van der Waals surface area contributed by atoms with Crippen molar-refractivity contribution >= 4 is 28.2 Å². The van der Waals surface area contributed by atoms with Gasteiger partial charge in [-0.1, -0.05) is 24.3 Å². The number of amides is 2. The summed E-state index contributed by atoms with van der Waals surface area (Å²) in [5.41, 5.74) is 4.33. The van der Waals surface area contributed by atoms with Gasteiger partial charge in [-0.2, -0.15) is 0 Å². The van der Waals surface area contributed by atoms with Crippen molar-refractivity contribution in [1.82, 2.24) is 4.90 Å². The summed E-state index contributed by atoms with van der Waals surface area (Å²) >= 11 is 1.62. The van der Waals surface area contributed by atoms with Gasteiger partial charge in [0.25, 0.3) is 5.91 Å². The van der Waals surface area contributed by atoms with E-state index in [2.05, 4.69) is 17.4 Å². The van der Waals surface area contributed by atoms with Crippen LogP contribution in [0.1, 0.15) is 63.5 Å². The van der Waals surface area contributed by atoms with Gasteiger partial charge in [0.05, 0.1) is 24.7 Å². The molecule has 158 valence electrons. The van der Waals surface area contributed by atoms with Crippen molar-refractivity contribution in [3.05, 3.63) is 51.4 Å². The molecule has 1 unspecified atom stereocenters. The predicted molar refractivity (Wildman–Crippen MR) is 118 cm³/mol. The summed E-state index contributed by atoms with van der Waals surface area (Å²) in [5.74, 6) is -0.0609. The molecule has 2 heterocycles. The highest BCUT2D eigenvalue weighted by atomic mass is 32.1. The second-order valence-corrected chi connectivity index (χ2v) is 9.56. The summed E-state index contributed by atoms with van der Waals surface area (Å²) in [6.07, 6.45) is 7.12. The summed E-state index contributed by atoms with van der Waals surface area (Å²) in [7, 11) is 0. The number of thiophene rings is 1. The number of hydrogen-bond donors (Lipinski definition) is 1. The molecule has 1 atom stereocenters. The summed E-state index contributed by atoms with van der Waals surface area (Å²) in [5, 5.41) is 3.96. The Bertz CT molecular complexity index is 961. The van der Waals surface area contributed by atoms with Crippen LogP contribution in [0.15, 0.2) is 24.3 Å². The maximum absolute atomic E-state index is 13.4. The number of rotatable bonds is 3. The van der Waals surface area contributed by atoms with Crippen molar-refractivity contribution in [3.8, 4) is 0 Å². The van der Waals surface area contributed by atoms with Crippen LogP contribution in [0.3, 0.4) is 0 Å². The van der Waals surface area contributed by atoms with Crippen LogP contribution in [0, 0.1) is 0 Å². The number of fused-ring (bicyclic) bond motifs is 2. The van der Waals surface area contributed by atoms with Gasteiger partial charge in [-0.15, -0.1) is 11.3 Å². The number of ether oxygens (including phenoxy) is 1. The van der Waals surface area contributed by atoms with E-state index in [1.165, 1.54) is 16.0 Å². The lowest BCUT2D eigenvalue weighted by Crippen LogP contribution is -2.41. The van der Waals surface area contributed by atoms with Crippen LogP contribution in [0.2, 0.25) is 0 Å². The van der Waals surface area contributed by atoms with Crippen molar-refractivity contribution < 1.29 is 14.3 Å². The van der Waals surface area contributed by atoms with Gasteiger partial charge < -0.3 is 15.0 Å². The molecule has 0 saturated carbocycles. The standard InChI is InChI=1S/C24H28N2O3S/c27-22(18-10-5-7-16-6-1-2-8-17(16)18)25-23-21(19-9-3-4-11-20(19)30-23)24(28)26-12-14-29-15-13-26/h1-2,6,8,18H,3-5,7,9-15H2,(H,25,27). The summed E-state index contributed by atoms with van der Waals surface area (Å²) < 4.78 is 5.43. The highest BCUT2D eigenvalue weighted by molar-refractivity contribution is 7.17. The van der Waals surface area contributed by atoms with Crippen molar-refractivity contribution in [1.29, 1.82) is 0 Å². The number of benzene rings is 1. The molecule has 1 N–H and O–H groups in total. The van der Waals surface area contributed by atoms with Crippen LogP contribution >= 0.6 is 11.3 Å². The quantitative estimate of drug-likeness (QED) is 0.805. The lowest BCUT2D eigenvalue weighted by atomic mass is 9.82. The average Bonchev–Trinajstić information content (AvgIpc) is 3.16. The first kappa shape index (κ1) is 19.8. The number of hydrogen-bond acceptors (Lipinski definition) is 4. The minimum Gasteiger partial charge on any atom is -0.378 e. The molecule has 1 aromatic heterocycles. The highest BCUT2D eigenvalue weighted by Crippen LogP contribution is 2.40. The Morgan fingerprint density at radius 1 is 1.03 bits per heavy atom. The first-order valence-electron chi connectivity index (χ1n) is 11.1. The first-order valence-corrected chi connectivity index (χ1v) is 11.9. The van der Waals surface area contributed by atoms with E-state index in [-0.39, 0.29) is 17.7 Å². The normalized spacial score (nSPS) is 20.9. The van der Waals surface area contributed by atoms with E-state index in [0.29, 0.717) is 26.3 Å². The lowest BCUT2D eigenvalue weighted by molar-refractivity contribution is -0.117. The second-order valence-electron chi connectivity index (χ2n) is 8.45. The Balaban J connectivity index is 1.45. The molecule has 0 radical (unpaired) electrons. The predicted octanol–water partition coefficient (Wildman–Crippen LogP) is 4.16. The zero-order valence-electron chi connectivity index (χ0n) is 17.2. The van der Waals surface area contributed by atoms with Gasteiger partial charge in [-0.3, -0.25) is 9.59 Å². The van der Waals surface area contributed by atoms with E-state index < -0.39 is 0 Å². The maximum Gasteiger partial charge on any atom is 0.257 e. The van der Waals surface area contributed by atoms with E-state index in [4.69, 9.17) is 4.74 Å². The number of aryl methyl sites for hydroxylation is 2. The molecule has 2 aliphatic carbocycles. The summed E-state index contributed by atoms with van der Waals surface area (Å²) in [6.45, 7) is 2.40. The first-order chi connectivity index (χ1) is 14.7. The molecule has 0 bridgehead atoms. The maximum atomic E-state index is 13.4. The largest absolute Gasteiger partial charge is 0.378 e. The van der Waals surface area contributed by atoms with Crippen LogP contribution in [0.4, 0.5) is 5.00 Å². The van der Waals surface area contributed by atoms with Gasteiger partial charge in [-0.05, 0) is 61.6 Å². The molecule has 30 heavy (non-hydrogen) atoms. The van der Waals surface area contributed by atoms with Crippen LogP contribution in [-0.4, -0.2) is 43.0 Å². The molecule has 1 aliphatic heterocycles. The monoisotopic (exact) mass is 424 g/mol. The van der Waals surface area contributed by atoms with Gasteiger partial charge in [0, 0.05) is 18.0 Å². The number of nitrogens with one attached hydrogen (secondary N) is 1. The summed E-state index contributed by atoms with van der Waals surface area (Å²) in [6, 6.07) is 8.27. The summed E-state index contributed by atoms with van der Waals surface area (Å²) in [4.78, 5) is 29.9. The third kappa shape index (κ3) is 3.67. The smallest absolute Gasteiger partial charge is 0.257 e. The molecule has 6 heteroatoms. The molecular formula is C24H28N2O3S. The van der Waals surface area contributed by atoms with Crippen LogP contribution in [-0.2, 0) is 28.8 Å². The van der Waals surface area contributed by atoms with Gasteiger partial charge in [-0.25, -0.2) is 0 Å². The lowest BCUT2D eigenvalue weighted by Gasteiger charge is -2.28. The van der Waals surface area contributed by atoms with Gasteiger partial charge >= 0.3 is 0 Å². The fourth-order valence-electron chi connectivity index (χ4n) is 5.03. The molecular weight excluding hydrogens is 396 g/mol. The molecule has 2 amide bonds. The van der Waals surface area contributed by atoms with Crippen molar-refractivity contribution in [2.24, 2.45) is 0 Å². The van der Waals surface area contributed by atoms with Gasteiger partial charge in [0.1, 0.15) is 5.00 Å². The Hall–Kier alpha value is -2.18. The highest BCUT2D eigenvalue weighted by Gasteiger charge is 2.32. The van der Waals surface area contributed by atoms with Crippen LogP contribution in [0.25, 0.3) is 0 Å². The fourth-order valence-corrected chi connectivity index (χ4v) is 6.31. The van der Waals surface area contributed by atoms with Crippen LogP contribution < -0.4 is 5.32 Å². The Labute approximate surface area is 181 Å². The number of carbonyl (C=O) groups excluding carboxylic acids is 2. The number of nitrogens with zero attached hydrogens (tertiary/aromatic N) is 1. The zero-order valence-corrected chi connectivity index (χ0v) is 18.1. The number of morpholine rings is 1. The topological polar surface area (TPSA) is 58.6 Å². The molecule has 5 rings (SSSR count). The van der Waals surface area contributed by atoms with Gasteiger partial charge in [0.15, 0.2) is 0 Å². The van der Waals surface area contributed by atoms with Gasteiger partial charge in [0.2, 0.25) is 5.91 Å². The molecule has 5 nitrogen and oxygen atoms in total. The van der Waals surface area contributed by atoms with Crippen molar-refractivity contribution in [2.75, 3.05) is 31.6 Å². The number of carbonyl (C=O) groups is 2. The zero-order chi connectivity index (χ0) is 20.5. The van der Waals surface area contributed by atoms with Crippen LogP contribution in [0.5, 0.6) is 0 Å². The average molecular weight is 425 g/mol. The Morgan fingerprint density at radius 2 is 1.83 bits per heavy atom. The van der Waals surface area contributed by atoms with Crippen molar-refractivity contribution in [2.45, 2.75) is 50.9 Å².